The van der Waals surface area contributed by atoms with Crippen LogP contribution in [0.2, 0.25) is 10.0 Å². The summed E-state index contributed by atoms with van der Waals surface area (Å²) in [7, 11) is 0. The molecule has 1 aliphatic heterocycles. The van der Waals surface area contributed by atoms with Crippen LogP contribution >= 0.6 is 23.2 Å². The first-order chi connectivity index (χ1) is 18.4. The SMILES string of the molecule is O=C(O)c1ccc2cc(N3CCC4(C=C(c5c(-c6c(Cl)cncc6Cl)noc5C5CC5)C4)CC3)ccc2n1. The Bertz CT molecular complexity index is 1610. The molecule has 7 rings (SSSR count). The van der Waals surface area contributed by atoms with Crippen LogP contribution in [-0.4, -0.2) is 39.3 Å². The summed E-state index contributed by atoms with van der Waals surface area (Å²) in [5, 5.41) is 15.5. The van der Waals surface area contributed by atoms with Crippen molar-refractivity contribution in [2.45, 2.75) is 38.0 Å². The Balaban J connectivity index is 1.13. The van der Waals surface area contributed by atoms with Gasteiger partial charge in [0, 0.05) is 53.6 Å². The largest absolute Gasteiger partial charge is 0.477 e. The molecule has 2 fully saturated rings. The van der Waals surface area contributed by atoms with Crippen molar-refractivity contribution in [3.8, 4) is 11.3 Å². The monoisotopic (exact) mass is 546 g/mol. The highest BCUT2D eigenvalue weighted by molar-refractivity contribution is 6.39. The molecule has 2 aliphatic carbocycles. The summed E-state index contributed by atoms with van der Waals surface area (Å²) in [5.74, 6) is 0.358. The highest BCUT2D eigenvalue weighted by atomic mass is 35.5. The lowest BCUT2D eigenvalue weighted by atomic mass is 9.63. The van der Waals surface area contributed by atoms with Crippen LogP contribution < -0.4 is 4.90 Å². The number of pyridine rings is 2. The maximum atomic E-state index is 11.2. The molecule has 1 saturated carbocycles. The Morgan fingerprint density at radius 2 is 1.79 bits per heavy atom. The van der Waals surface area contributed by atoms with Gasteiger partial charge in [-0.15, -0.1) is 0 Å². The van der Waals surface area contributed by atoms with E-state index in [1.165, 1.54) is 5.57 Å². The number of nitrogens with zero attached hydrogens (tertiary/aromatic N) is 4. The van der Waals surface area contributed by atoms with E-state index in [2.05, 4.69) is 32.2 Å². The fraction of sp³-hybridized carbons (Fsp3) is 0.310. The summed E-state index contributed by atoms with van der Waals surface area (Å²) in [5.41, 5.74) is 5.81. The van der Waals surface area contributed by atoms with Crippen LogP contribution in [-0.2, 0) is 0 Å². The maximum Gasteiger partial charge on any atom is 0.354 e. The zero-order valence-electron chi connectivity index (χ0n) is 20.5. The third kappa shape index (κ3) is 3.96. The third-order valence-electron chi connectivity index (χ3n) is 8.12. The molecule has 3 aliphatic rings. The molecule has 1 saturated heterocycles. The number of hydrogen-bond acceptors (Lipinski definition) is 6. The van der Waals surface area contributed by atoms with Crippen molar-refractivity contribution in [3.63, 3.8) is 0 Å². The quantitative estimate of drug-likeness (QED) is 0.282. The molecule has 9 heteroatoms. The number of fused-ring (bicyclic) bond motifs is 1. The Labute approximate surface area is 229 Å². The average Bonchev–Trinajstić information content (AvgIpc) is 3.66. The van der Waals surface area contributed by atoms with Crippen molar-refractivity contribution >= 4 is 51.3 Å². The van der Waals surface area contributed by atoms with Gasteiger partial charge in [0.05, 0.1) is 15.6 Å². The first kappa shape index (κ1) is 23.7. The van der Waals surface area contributed by atoms with Gasteiger partial charge in [-0.1, -0.05) is 40.5 Å². The lowest BCUT2D eigenvalue weighted by molar-refractivity contribution is 0.0691. The number of anilines is 1. The van der Waals surface area contributed by atoms with E-state index >= 15 is 0 Å². The minimum Gasteiger partial charge on any atom is -0.477 e. The van der Waals surface area contributed by atoms with Crippen LogP contribution in [0.15, 0.2) is 53.3 Å². The number of aromatic carboxylic acids is 1. The van der Waals surface area contributed by atoms with Crippen molar-refractivity contribution in [3.05, 3.63) is 75.9 Å². The molecule has 0 bridgehead atoms. The van der Waals surface area contributed by atoms with Crippen molar-refractivity contribution in [1.82, 2.24) is 15.1 Å². The van der Waals surface area contributed by atoms with E-state index in [4.69, 9.17) is 27.7 Å². The molecule has 7 nitrogen and oxygen atoms in total. The topological polar surface area (TPSA) is 92.3 Å². The molecular weight excluding hydrogens is 523 g/mol. The molecule has 4 aromatic rings. The molecular formula is C29H24Cl2N4O3. The van der Waals surface area contributed by atoms with E-state index in [-0.39, 0.29) is 11.1 Å². The highest BCUT2D eigenvalue weighted by Crippen LogP contribution is 2.56. The molecule has 0 amide bonds. The van der Waals surface area contributed by atoms with Gasteiger partial charge in [0.1, 0.15) is 17.1 Å². The molecule has 1 aromatic carbocycles. The molecule has 192 valence electrons. The Morgan fingerprint density at radius 3 is 2.47 bits per heavy atom. The lowest BCUT2D eigenvalue weighted by Crippen LogP contribution is -2.42. The van der Waals surface area contributed by atoms with E-state index in [1.54, 1.807) is 18.5 Å². The van der Waals surface area contributed by atoms with Crippen LogP contribution in [0.25, 0.3) is 27.7 Å². The maximum absolute atomic E-state index is 11.2. The van der Waals surface area contributed by atoms with E-state index in [0.29, 0.717) is 27.0 Å². The number of carbonyl (C=O) groups is 1. The van der Waals surface area contributed by atoms with Crippen LogP contribution in [0.5, 0.6) is 0 Å². The number of carboxylic acids is 1. The van der Waals surface area contributed by atoms with Crippen molar-refractivity contribution < 1.29 is 14.4 Å². The van der Waals surface area contributed by atoms with Gasteiger partial charge in [-0.05, 0) is 67.4 Å². The molecule has 0 radical (unpaired) electrons. The van der Waals surface area contributed by atoms with Crippen LogP contribution in [0.1, 0.15) is 59.8 Å². The zero-order valence-corrected chi connectivity index (χ0v) is 22.0. The lowest BCUT2D eigenvalue weighted by Gasteiger charge is -2.47. The van der Waals surface area contributed by atoms with Gasteiger partial charge in [0.15, 0.2) is 0 Å². The summed E-state index contributed by atoms with van der Waals surface area (Å²) in [6.45, 7) is 1.90. The number of allylic oxidation sites excluding steroid dienone is 2. The van der Waals surface area contributed by atoms with Gasteiger partial charge in [-0.3, -0.25) is 4.98 Å². The van der Waals surface area contributed by atoms with Crippen molar-refractivity contribution in [1.29, 1.82) is 0 Å². The summed E-state index contributed by atoms with van der Waals surface area (Å²) in [4.78, 5) is 22.0. The van der Waals surface area contributed by atoms with Gasteiger partial charge in [0.25, 0.3) is 0 Å². The number of halogens is 2. The predicted molar refractivity (Wildman–Crippen MR) is 147 cm³/mol. The van der Waals surface area contributed by atoms with Crippen LogP contribution in [0, 0.1) is 5.41 Å². The molecule has 0 atom stereocenters. The average molecular weight is 547 g/mol. The molecule has 1 spiro atoms. The standard InChI is InChI=1S/C29H24Cl2N4O3/c30-20-14-32-15-21(31)25(20)26-24(27(38-34-26)16-1-2-16)18-12-29(13-18)7-9-35(10-8-29)19-4-6-22-17(11-19)3-5-23(33-22)28(36)37/h3-6,11-12,14-16H,1-2,7-10,13H2,(H,36,37). The second-order valence-corrected chi connectivity index (χ2v) is 11.4. The molecule has 4 heterocycles. The van der Waals surface area contributed by atoms with Gasteiger partial charge >= 0.3 is 5.97 Å². The van der Waals surface area contributed by atoms with Gasteiger partial charge in [0.2, 0.25) is 0 Å². The Morgan fingerprint density at radius 1 is 1.05 bits per heavy atom. The Hall–Kier alpha value is -3.42. The number of rotatable bonds is 5. The third-order valence-corrected chi connectivity index (χ3v) is 8.69. The molecule has 38 heavy (non-hydrogen) atoms. The first-order valence-electron chi connectivity index (χ1n) is 12.8. The van der Waals surface area contributed by atoms with Crippen molar-refractivity contribution in [2.75, 3.05) is 18.0 Å². The summed E-state index contributed by atoms with van der Waals surface area (Å²) in [6, 6.07) is 9.43. The second kappa shape index (κ2) is 8.82. The summed E-state index contributed by atoms with van der Waals surface area (Å²) < 4.78 is 5.87. The van der Waals surface area contributed by atoms with E-state index in [1.807, 2.05) is 18.2 Å². The smallest absolute Gasteiger partial charge is 0.354 e. The number of benzene rings is 1. The first-order valence-corrected chi connectivity index (χ1v) is 13.6. The number of carboxylic acid groups (broad SMARTS) is 1. The zero-order chi connectivity index (χ0) is 26.0. The number of piperidine rings is 1. The summed E-state index contributed by atoms with van der Waals surface area (Å²) in [6.07, 6.45) is 10.9. The number of aromatic nitrogens is 3. The summed E-state index contributed by atoms with van der Waals surface area (Å²) >= 11 is 13.0. The minimum atomic E-state index is -1.01. The number of hydrogen-bond donors (Lipinski definition) is 1. The van der Waals surface area contributed by atoms with Crippen molar-refractivity contribution in [2.24, 2.45) is 5.41 Å². The molecule has 1 N–H and O–H groups in total. The molecule has 0 unspecified atom stereocenters. The highest BCUT2D eigenvalue weighted by Gasteiger charge is 2.44. The predicted octanol–water partition coefficient (Wildman–Crippen LogP) is 7.24. The fourth-order valence-corrected chi connectivity index (χ4v) is 6.43. The van der Waals surface area contributed by atoms with Gasteiger partial charge in [-0.25, -0.2) is 9.78 Å². The molecule has 3 aromatic heterocycles. The second-order valence-electron chi connectivity index (χ2n) is 10.6. The van der Waals surface area contributed by atoms with Gasteiger partial charge in [-0.2, -0.15) is 0 Å². The Kier molecular flexibility index (Phi) is 5.49. The fourth-order valence-electron chi connectivity index (χ4n) is 5.89. The van der Waals surface area contributed by atoms with Gasteiger partial charge < -0.3 is 14.5 Å². The van der Waals surface area contributed by atoms with Crippen LogP contribution in [0.3, 0.4) is 0 Å². The van der Waals surface area contributed by atoms with E-state index in [0.717, 1.165) is 73.3 Å². The minimum absolute atomic E-state index is 0.0621. The van der Waals surface area contributed by atoms with E-state index in [9.17, 15) is 9.90 Å². The van der Waals surface area contributed by atoms with Crippen LogP contribution in [0.4, 0.5) is 5.69 Å². The van der Waals surface area contributed by atoms with E-state index < -0.39 is 5.97 Å². The normalized spacial score (nSPS) is 18.5.